The third-order valence-corrected chi connectivity index (χ3v) is 5.42. The average Bonchev–Trinajstić information content (AvgIpc) is 3.44. The van der Waals surface area contributed by atoms with Gasteiger partial charge >= 0.3 is 0 Å². The molecule has 1 heterocycles. The molecule has 0 N–H and O–H groups in total. The number of rotatable bonds is 3. The number of hydrogen-bond donors (Lipinski definition) is 0. The second-order valence-electron chi connectivity index (χ2n) is 7.07. The molecule has 2 fully saturated rings. The molecule has 1 saturated carbocycles. The number of amides is 1. The van der Waals surface area contributed by atoms with E-state index in [0.29, 0.717) is 5.91 Å². The molecule has 2 aliphatic rings. The van der Waals surface area contributed by atoms with E-state index in [1.165, 1.54) is 16.8 Å². The second-order valence-corrected chi connectivity index (χ2v) is 7.07. The first-order valence-corrected chi connectivity index (χ1v) is 8.86. The van der Waals surface area contributed by atoms with E-state index in [0.717, 1.165) is 39.0 Å². The van der Waals surface area contributed by atoms with E-state index in [1.54, 1.807) is 0 Å². The van der Waals surface area contributed by atoms with E-state index in [1.807, 2.05) is 18.2 Å². The van der Waals surface area contributed by atoms with Gasteiger partial charge in [0.2, 0.25) is 5.91 Å². The molecule has 2 aromatic rings. The van der Waals surface area contributed by atoms with Crippen LogP contribution in [0, 0.1) is 6.92 Å². The van der Waals surface area contributed by atoms with Gasteiger partial charge in [0.15, 0.2) is 0 Å². The van der Waals surface area contributed by atoms with Gasteiger partial charge in [-0.1, -0.05) is 42.5 Å². The van der Waals surface area contributed by atoms with Crippen molar-refractivity contribution in [1.29, 1.82) is 0 Å². The number of hydrogen-bond acceptors (Lipinski definition) is 2. The fraction of sp³-hybridized carbons (Fsp3) is 0.381. The summed E-state index contributed by atoms with van der Waals surface area (Å²) in [5.41, 5.74) is 3.52. The molecule has 0 spiro atoms. The maximum atomic E-state index is 13.1. The first-order chi connectivity index (χ1) is 11.7. The third-order valence-electron chi connectivity index (χ3n) is 5.42. The zero-order chi connectivity index (χ0) is 16.6. The van der Waals surface area contributed by atoms with Crippen molar-refractivity contribution in [3.8, 4) is 0 Å². The number of benzene rings is 2. The summed E-state index contributed by atoms with van der Waals surface area (Å²) in [7, 11) is 0. The first-order valence-electron chi connectivity index (χ1n) is 8.86. The van der Waals surface area contributed by atoms with Crippen LogP contribution in [0.25, 0.3) is 0 Å². The summed E-state index contributed by atoms with van der Waals surface area (Å²) in [4.78, 5) is 17.6. The summed E-state index contributed by atoms with van der Waals surface area (Å²) in [6.45, 7) is 5.60. The zero-order valence-electron chi connectivity index (χ0n) is 14.2. The first kappa shape index (κ1) is 15.3. The van der Waals surface area contributed by atoms with Crippen LogP contribution in [0.3, 0.4) is 0 Å². The predicted octanol–water partition coefficient (Wildman–Crippen LogP) is 3.38. The lowest BCUT2D eigenvalue weighted by molar-refractivity contribution is -0.134. The highest BCUT2D eigenvalue weighted by Crippen LogP contribution is 2.49. The minimum absolute atomic E-state index is 0.229. The van der Waals surface area contributed by atoms with E-state index in [-0.39, 0.29) is 5.41 Å². The van der Waals surface area contributed by atoms with Crippen molar-refractivity contribution in [3.05, 3.63) is 65.7 Å². The summed E-state index contributed by atoms with van der Waals surface area (Å²) in [6.07, 6.45) is 1.99. The highest BCUT2D eigenvalue weighted by molar-refractivity contribution is 5.91. The van der Waals surface area contributed by atoms with Crippen molar-refractivity contribution < 1.29 is 4.79 Å². The molecule has 1 aliphatic carbocycles. The van der Waals surface area contributed by atoms with Crippen molar-refractivity contribution in [2.75, 3.05) is 31.1 Å². The third kappa shape index (κ3) is 2.68. The minimum atomic E-state index is -0.229. The molecule has 124 valence electrons. The van der Waals surface area contributed by atoms with Gasteiger partial charge in [-0.05, 0) is 43.0 Å². The Morgan fingerprint density at radius 2 is 1.62 bits per heavy atom. The maximum absolute atomic E-state index is 13.1. The number of nitrogens with zero attached hydrogens (tertiary/aromatic N) is 2. The molecule has 0 bridgehead atoms. The molecular formula is C21H24N2O. The smallest absolute Gasteiger partial charge is 0.233 e. The Morgan fingerprint density at radius 3 is 2.25 bits per heavy atom. The molecule has 0 unspecified atom stereocenters. The van der Waals surface area contributed by atoms with E-state index < -0.39 is 0 Å². The van der Waals surface area contributed by atoms with Crippen LogP contribution >= 0.6 is 0 Å². The Balaban J connectivity index is 1.44. The predicted molar refractivity (Wildman–Crippen MR) is 97.3 cm³/mol. The van der Waals surface area contributed by atoms with Gasteiger partial charge in [-0.2, -0.15) is 0 Å². The van der Waals surface area contributed by atoms with Gasteiger partial charge in [-0.15, -0.1) is 0 Å². The van der Waals surface area contributed by atoms with Gasteiger partial charge in [-0.25, -0.2) is 0 Å². The monoisotopic (exact) mass is 320 g/mol. The lowest BCUT2D eigenvalue weighted by atomic mass is 9.94. The SMILES string of the molecule is Cc1cccc(N2CCN(C(=O)C3(c4ccccc4)CC3)CC2)c1. The summed E-state index contributed by atoms with van der Waals surface area (Å²) >= 11 is 0. The molecule has 0 atom stereocenters. The lowest BCUT2D eigenvalue weighted by Gasteiger charge is -2.38. The van der Waals surface area contributed by atoms with Gasteiger partial charge in [0.1, 0.15) is 0 Å². The fourth-order valence-electron chi connectivity index (χ4n) is 3.80. The average molecular weight is 320 g/mol. The molecule has 24 heavy (non-hydrogen) atoms. The molecule has 0 aromatic heterocycles. The van der Waals surface area contributed by atoms with Crippen molar-refractivity contribution in [3.63, 3.8) is 0 Å². The van der Waals surface area contributed by atoms with E-state index in [2.05, 4.69) is 53.1 Å². The van der Waals surface area contributed by atoms with Gasteiger partial charge in [-0.3, -0.25) is 4.79 Å². The Morgan fingerprint density at radius 1 is 0.917 bits per heavy atom. The quantitative estimate of drug-likeness (QED) is 0.865. The minimum Gasteiger partial charge on any atom is -0.368 e. The molecule has 1 saturated heterocycles. The zero-order valence-corrected chi connectivity index (χ0v) is 14.2. The van der Waals surface area contributed by atoms with Crippen LogP contribution in [0.5, 0.6) is 0 Å². The summed E-state index contributed by atoms with van der Waals surface area (Å²) in [5.74, 6) is 0.331. The van der Waals surface area contributed by atoms with Crippen molar-refractivity contribution in [2.24, 2.45) is 0 Å². The Bertz CT molecular complexity index is 729. The van der Waals surface area contributed by atoms with Crippen molar-refractivity contribution in [1.82, 2.24) is 4.90 Å². The maximum Gasteiger partial charge on any atom is 0.233 e. The van der Waals surface area contributed by atoms with E-state index in [9.17, 15) is 4.79 Å². The van der Waals surface area contributed by atoms with Crippen LogP contribution in [-0.2, 0) is 10.2 Å². The second kappa shape index (κ2) is 5.97. The molecule has 2 aromatic carbocycles. The lowest BCUT2D eigenvalue weighted by Crippen LogP contribution is -2.51. The fourth-order valence-corrected chi connectivity index (χ4v) is 3.80. The highest BCUT2D eigenvalue weighted by Gasteiger charge is 2.53. The molecule has 3 heteroatoms. The van der Waals surface area contributed by atoms with Crippen LogP contribution in [0.1, 0.15) is 24.0 Å². The molecule has 1 amide bonds. The topological polar surface area (TPSA) is 23.6 Å². The van der Waals surface area contributed by atoms with Crippen LogP contribution < -0.4 is 4.90 Å². The van der Waals surface area contributed by atoms with Crippen molar-refractivity contribution >= 4 is 11.6 Å². The molecule has 0 radical (unpaired) electrons. The summed E-state index contributed by atoms with van der Waals surface area (Å²) in [5, 5.41) is 0. The van der Waals surface area contributed by atoms with E-state index >= 15 is 0 Å². The normalized spacial score (nSPS) is 19.2. The molecule has 3 nitrogen and oxygen atoms in total. The van der Waals surface area contributed by atoms with Gasteiger partial charge < -0.3 is 9.80 Å². The standard InChI is InChI=1S/C21H24N2O/c1-17-6-5-9-19(16-17)22-12-14-23(15-13-22)20(24)21(10-11-21)18-7-3-2-4-8-18/h2-9,16H,10-15H2,1H3. The largest absolute Gasteiger partial charge is 0.368 e. The number of carbonyl (C=O) groups excluding carboxylic acids is 1. The van der Waals surface area contributed by atoms with Gasteiger partial charge in [0, 0.05) is 31.9 Å². The van der Waals surface area contributed by atoms with Crippen LogP contribution in [0.4, 0.5) is 5.69 Å². The van der Waals surface area contributed by atoms with E-state index in [4.69, 9.17) is 0 Å². The van der Waals surface area contributed by atoms with Crippen LogP contribution in [-0.4, -0.2) is 37.0 Å². The Kier molecular flexibility index (Phi) is 3.79. The molecule has 1 aliphatic heterocycles. The molecular weight excluding hydrogens is 296 g/mol. The number of carbonyl (C=O) groups is 1. The summed E-state index contributed by atoms with van der Waals surface area (Å²) < 4.78 is 0. The van der Waals surface area contributed by atoms with Crippen molar-refractivity contribution in [2.45, 2.75) is 25.2 Å². The Labute approximate surface area is 143 Å². The highest BCUT2D eigenvalue weighted by atomic mass is 16.2. The Hall–Kier alpha value is -2.29. The number of anilines is 1. The number of aryl methyl sites for hydroxylation is 1. The van der Waals surface area contributed by atoms with Gasteiger partial charge in [0.25, 0.3) is 0 Å². The summed E-state index contributed by atoms with van der Waals surface area (Å²) in [6, 6.07) is 18.9. The van der Waals surface area contributed by atoms with Crippen LogP contribution in [0.2, 0.25) is 0 Å². The van der Waals surface area contributed by atoms with Gasteiger partial charge in [0.05, 0.1) is 5.41 Å². The number of piperazine rings is 1. The molecule has 4 rings (SSSR count). The van der Waals surface area contributed by atoms with Crippen LogP contribution in [0.15, 0.2) is 54.6 Å².